The molecule has 0 saturated heterocycles. The minimum Gasteiger partial charge on any atom is -0.480 e. The van der Waals surface area contributed by atoms with Crippen LogP contribution in [0.3, 0.4) is 0 Å². The van der Waals surface area contributed by atoms with Crippen LogP contribution in [0.15, 0.2) is 41.4 Å². The minimum absolute atomic E-state index is 0.0270. The molecule has 0 heterocycles. The summed E-state index contributed by atoms with van der Waals surface area (Å²) >= 11 is 3.36. The zero-order chi connectivity index (χ0) is 15.8. The molecule has 21 heavy (non-hydrogen) atoms. The van der Waals surface area contributed by atoms with Gasteiger partial charge in [0.25, 0.3) is 0 Å². The average Bonchev–Trinajstić information content (AvgIpc) is 2.38. The Morgan fingerprint density at radius 1 is 1.38 bits per heavy atom. The maximum Gasteiger partial charge on any atom is 0.317 e. The van der Waals surface area contributed by atoms with Gasteiger partial charge in [-0.3, -0.25) is 14.5 Å². The SMILES string of the molecule is C=CCN(CC(=O)O)CC(=O)NC(C)c1ccc(Br)cc1. The molecule has 0 bridgehead atoms. The second-order valence-electron chi connectivity index (χ2n) is 4.69. The second kappa shape index (κ2) is 8.59. The number of nitrogens with one attached hydrogen (secondary N) is 1. The molecule has 0 fully saturated rings. The van der Waals surface area contributed by atoms with Crippen molar-refractivity contribution in [3.63, 3.8) is 0 Å². The smallest absolute Gasteiger partial charge is 0.317 e. The van der Waals surface area contributed by atoms with E-state index in [4.69, 9.17) is 5.11 Å². The molecule has 0 aromatic heterocycles. The normalized spacial score (nSPS) is 12.0. The fraction of sp³-hybridized carbons (Fsp3) is 0.333. The third-order valence-electron chi connectivity index (χ3n) is 2.86. The first kappa shape index (κ1) is 17.4. The van der Waals surface area contributed by atoms with Crippen molar-refractivity contribution < 1.29 is 14.7 Å². The lowest BCUT2D eigenvalue weighted by atomic mass is 10.1. The van der Waals surface area contributed by atoms with Gasteiger partial charge in [0.1, 0.15) is 0 Å². The average molecular weight is 355 g/mol. The number of carbonyl (C=O) groups excluding carboxylic acids is 1. The van der Waals surface area contributed by atoms with E-state index in [0.29, 0.717) is 6.54 Å². The summed E-state index contributed by atoms with van der Waals surface area (Å²) in [4.78, 5) is 24.2. The Hall–Kier alpha value is -1.66. The van der Waals surface area contributed by atoms with Gasteiger partial charge < -0.3 is 10.4 Å². The molecule has 0 radical (unpaired) electrons. The molecule has 0 aliphatic carbocycles. The highest BCUT2D eigenvalue weighted by Gasteiger charge is 2.15. The fourth-order valence-corrected chi connectivity index (χ4v) is 2.15. The Bertz CT molecular complexity index is 502. The Balaban J connectivity index is 2.56. The predicted molar refractivity (Wildman–Crippen MR) is 85.0 cm³/mol. The number of nitrogens with zero attached hydrogens (tertiary/aromatic N) is 1. The van der Waals surface area contributed by atoms with Crippen molar-refractivity contribution in [3.05, 3.63) is 47.0 Å². The predicted octanol–water partition coefficient (Wildman–Crippen LogP) is 2.20. The fourth-order valence-electron chi connectivity index (χ4n) is 1.88. The van der Waals surface area contributed by atoms with E-state index in [-0.39, 0.29) is 25.0 Å². The second-order valence-corrected chi connectivity index (χ2v) is 5.61. The summed E-state index contributed by atoms with van der Waals surface area (Å²) in [5.74, 6) is -1.18. The van der Waals surface area contributed by atoms with Gasteiger partial charge in [0.05, 0.1) is 19.1 Å². The molecule has 1 amide bonds. The van der Waals surface area contributed by atoms with Gasteiger partial charge in [-0.15, -0.1) is 6.58 Å². The third kappa shape index (κ3) is 6.55. The van der Waals surface area contributed by atoms with Crippen molar-refractivity contribution in [2.24, 2.45) is 0 Å². The lowest BCUT2D eigenvalue weighted by Crippen LogP contribution is -2.40. The van der Waals surface area contributed by atoms with Crippen LogP contribution in [0.4, 0.5) is 0 Å². The summed E-state index contributed by atoms with van der Waals surface area (Å²) in [5.41, 5.74) is 0.986. The zero-order valence-electron chi connectivity index (χ0n) is 11.9. The Labute approximate surface area is 132 Å². The summed E-state index contributed by atoms with van der Waals surface area (Å²) in [5, 5.41) is 11.7. The van der Waals surface area contributed by atoms with Crippen LogP contribution < -0.4 is 5.32 Å². The summed E-state index contributed by atoms with van der Waals surface area (Å²) in [6.45, 7) is 5.64. The molecule has 0 spiro atoms. The number of benzene rings is 1. The van der Waals surface area contributed by atoms with Crippen molar-refractivity contribution in [1.82, 2.24) is 10.2 Å². The van der Waals surface area contributed by atoms with Crippen LogP contribution in [-0.4, -0.2) is 41.5 Å². The van der Waals surface area contributed by atoms with Gasteiger partial charge in [0, 0.05) is 11.0 Å². The Kier molecular flexibility index (Phi) is 7.11. The molecule has 2 N–H and O–H groups in total. The van der Waals surface area contributed by atoms with Gasteiger partial charge in [0.2, 0.25) is 5.91 Å². The summed E-state index contributed by atoms with van der Waals surface area (Å²) in [6.07, 6.45) is 1.58. The maximum atomic E-state index is 12.0. The number of halogens is 1. The van der Waals surface area contributed by atoms with Crippen molar-refractivity contribution >= 4 is 27.8 Å². The van der Waals surface area contributed by atoms with E-state index < -0.39 is 5.97 Å². The first-order valence-electron chi connectivity index (χ1n) is 6.52. The van der Waals surface area contributed by atoms with Crippen LogP contribution in [0.5, 0.6) is 0 Å². The van der Waals surface area contributed by atoms with E-state index in [1.807, 2.05) is 31.2 Å². The van der Waals surface area contributed by atoms with E-state index in [1.54, 1.807) is 6.08 Å². The standard InChI is InChI=1S/C15H19BrN2O3/c1-3-8-18(10-15(20)21)9-14(19)17-11(2)12-4-6-13(16)7-5-12/h3-7,11H,1,8-10H2,2H3,(H,17,19)(H,20,21). The number of aliphatic carboxylic acids is 1. The first-order chi connectivity index (χ1) is 9.92. The number of carbonyl (C=O) groups is 2. The highest BCUT2D eigenvalue weighted by atomic mass is 79.9. The Morgan fingerprint density at radius 2 is 2.00 bits per heavy atom. The number of hydrogen-bond donors (Lipinski definition) is 2. The van der Waals surface area contributed by atoms with E-state index in [9.17, 15) is 9.59 Å². The quantitative estimate of drug-likeness (QED) is 0.702. The minimum atomic E-state index is -0.967. The van der Waals surface area contributed by atoms with Crippen LogP contribution in [0, 0.1) is 0 Å². The van der Waals surface area contributed by atoms with E-state index in [1.165, 1.54) is 4.90 Å². The molecule has 0 saturated carbocycles. The van der Waals surface area contributed by atoms with Crippen molar-refractivity contribution in [2.45, 2.75) is 13.0 Å². The van der Waals surface area contributed by atoms with Gasteiger partial charge in [0.15, 0.2) is 0 Å². The first-order valence-corrected chi connectivity index (χ1v) is 7.31. The molecule has 1 aromatic rings. The number of carboxylic acid groups (broad SMARTS) is 1. The van der Waals surface area contributed by atoms with Gasteiger partial charge >= 0.3 is 5.97 Å². The summed E-state index contributed by atoms with van der Waals surface area (Å²) < 4.78 is 0.975. The number of carboxylic acids is 1. The number of rotatable bonds is 8. The van der Waals surface area contributed by atoms with E-state index in [0.717, 1.165) is 10.0 Å². The summed E-state index contributed by atoms with van der Waals surface area (Å²) in [7, 11) is 0. The largest absolute Gasteiger partial charge is 0.480 e. The molecular weight excluding hydrogens is 336 g/mol. The lowest BCUT2D eigenvalue weighted by Gasteiger charge is -2.20. The lowest BCUT2D eigenvalue weighted by molar-refractivity contribution is -0.138. The van der Waals surface area contributed by atoms with Crippen LogP contribution in [0.1, 0.15) is 18.5 Å². The van der Waals surface area contributed by atoms with Crippen molar-refractivity contribution in [1.29, 1.82) is 0 Å². The molecule has 0 aliphatic rings. The monoisotopic (exact) mass is 354 g/mol. The van der Waals surface area contributed by atoms with Crippen molar-refractivity contribution in [2.75, 3.05) is 19.6 Å². The topological polar surface area (TPSA) is 69.6 Å². The van der Waals surface area contributed by atoms with E-state index in [2.05, 4.69) is 27.8 Å². The molecule has 1 rings (SSSR count). The van der Waals surface area contributed by atoms with Crippen LogP contribution in [0.25, 0.3) is 0 Å². The molecule has 1 aromatic carbocycles. The van der Waals surface area contributed by atoms with Gasteiger partial charge in [-0.05, 0) is 24.6 Å². The third-order valence-corrected chi connectivity index (χ3v) is 3.39. The highest BCUT2D eigenvalue weighted by Crippen LogP contribution is 2.16. The number of amides is 1. The van der Waals surface area contributed by atoms with Crippen LogP contribution in [-0.2, 0) is 9.59 Å². The summed E-state index contributed by atoms with van der Waals surface area (Å²) in [6, 6.07) is 7.53. The van der Waals surface area contributed by atoms with Crippen molar-refractivity contribution in [3.8, 4) is 0 Å². The number of hydrogen-bond acceptors (Lipinski definition) is 3. The Morgan fingerprint density at radius 3 is 2.52 bits per heavy atom. The zero-order valence-corrected chi connectivity index (χ0v) is 13.5. The molecule has 5 nitrogen and oxygen atoms in total. The van der Waals surface area contributed by atoms with Gasteiger partial charge in [-0.1, -0.05) is 34.1 Å². The van der Waals surface area contributed by atoms with Crippen LogP contribution in [0.2, 0.25) is 0 Å². The molecule has 114 valence electrons. The molecule has 6 heteroatoms. The maximum absolute atomic E-state index is 12.0. The molecule has 1 unspecified atom stereocenters. The molecular formula is C15H19BrN2O3. The van der Waals surface area contributed by atoms with Crippen LogP contribution >= 0.6 is 15.9 Å². The molecule has 1 atom stereocenters. The highest BCUT2D eigenvalue weighted by molar-refractivity contribution is 9.10. The van der Waals surface area contributed by atoms with Gasteiger partial charge in [-0.2, -0.15) is 0 Å². The van der Waals surface area contributed by atoms with Gasteiger partial charge in [-0.25, -0.2) is 0 Å². The molecule has 0 aliphatic heterocycles. The van der Waals surface area contributed by atoms with E-state index >= 15 is 0 Å².